The predicted molar refractivity (Wildman–Crippen MR) is 59.3 cm³/mol. The average Bonchev–Trinajstić information content (AvgIpc) is 2.15. The number of halogens is 4. The normalized spacial score (nSPS) is 18.0. The fourth-order valence-electron chi connectivity index (χ4n) is 1.34. The number of fused-ring (bicyclic) bond motifs is 1. The van der Waals surface area contributed by atoms with Crippen molar-refractivity contribution in [3.63, 3.8) is 0 Å². The number of hydrogen-bond donors (Lipinski definition) is 1. The van der Waals surface area contributed by atoms with Crippen molar-refractivity contribution in [1.29, 1.82) is 0 Å². The molecule has 9 heteroatoms. The van der Waals surface area contributed by atoms with Crippen LogP contribution < -0.4 is 4.72 Å². The Bertz CT molecular complexity index is 610. The Labute approximate surface area is 103 Å². The molecule has 0 aromatic heterocycles. The standard InChI is InChI=1S/C8H4BrF3N2O2S/c9-4-1-2-6-5(3-4)7(8(10,11)12)14-17(15,16)13-6/h1-3,13H. The lowest BCUT2D eigenvalue weighted by Gasteiger charge is -2.19. The lowest BCUT2D eigenvalue weighted by Crippen LogP contribution is -2.31. The first-order valence-electron chi connectivity index (χ1n) is 4.19. The molecule has 1 N–H and O–H groups in total. The SMILES string of the molecule is O=S1(=O)N=C(C(F)(F)F)c2cc(Br)ccc2N1. The zero-order valence-corrected chi connectivity index (χ0v) is 10.3. The van der Waals surface area contributed by atoms with Crippen molar-refractivity contribution >= 4 is 37.5 Å². The fourth-order valence-corrected chi connectivity index (χ4v) is 2.64. The minimum absolute atomic E-state index is 0.143. The zero-order valence-electron chi connectivity index (χ0n) is 7.92. The first-order valence-corrected chi connectivity index (χ1v) is 6.42. The number of alkyl halides is 3. The van der Waals surface area contributed by atoms with E-state index in [4.69, 9.17) is 0 Å². The molecular formula is C8H4BrF3N2O2S. The number of nitrogens with zero attached hydrogens (tertiary/aromatic N) is 1. The highest BCUT2D eigenvalue weighted by Crippen LogP contribution is 2.33. The van der Waals surface area contributed by atoms with Crippen LogP contribution in [0.15, 0.2) is 27.1 Å². The van der Waals surface area contributed by atoms with Crippen LogP contribution in [-0.2, 0) is 10.2 Å². The summed E-state index contributed by atoms with van der Waals surface area (Å²) in [7, 11) is -4.34. The van der Waals surface area contributed by atoms with E-state index in [0.717, 1.165) is 6.07 Å². The molecule has 0 atom stereocenters. The van der Waals surface area contributed by atoms with Crippen LogP contribution in [0.5, 0.6) is 0 Å². The minimum Gasteiger partial charge on any atom is -0.264 e. The molecule has 0 bridgehead atoms. The average molecular weight is 329 g/mol. The zero-order chi connectivity index (χ0) is 12.8. The van der Waals surface area contributed by atoms with Crippen molar-refractivity contribution in [3.8, 4) is 0 Å². The fraction of sp³-hybridized carbons (Fsp3) is 0.125. The maximum Gasteiger partial charge on any atom is 0.434 e. The molecular weight excluding hydrogens is 325 g/mol. The van der Waals surface area contributed by atoms with E-state index in [1.807, 2.05) is 4.72 Å². The first-order chi connectivity index (χ1) is 7.69. The molecule has 0 amide bonds. The maximum atomic E-state index is 12.7. The third kappa shape index (κ3) is 2.44. The van der Waals surface area contributed by atoms with Crippen molar-refractivity contribution in [2.45, 2.75) is 6.18 Å². The van der Waals surface area contributed by atoms with Crippen molar-refractivity contribution in [2.75, 3.05) is 4.72 Å². The molecule has 17 heavy (non-hydrogen) atoms. The number of anilines is 1. The molecule has 0 unspecified atom stereocenters. The molecule has 92 valence electrons. The summed E-state index contributed by atoms with van der Waals surface area (Å²) in [5, 5.41) is 0. The van der Waals surface area contributed by atoms with Gasteiger partial charge in [0.25, 0.3) is 0 Å². The second-order valence-corrected chi connectivity index (χ2v) is 5.46. The van der Waals surface area contributed by atoms with E-state index in [-0.39, 0.29) is 11.3 Å². The Morgan fingerprint density at radius 3 is 2.53 bits per heavy atom. The number of hydrogen-bond acceptors (Lipinski definition) is 2. The summed E-state index contributed by atoms with van der Waals surface area (Å²) in [6.07, 6.45) is -4.83. The van der Waals surface area contributed by atoms with Gasteiger partial charge >= 0.3 is 16.4 Å². The Morgan fingerprint density at radius 1 is 1.29 bits per heavy atom. The van der Waals surface area contributed by atoms with Crippen LogP contribution in [-0.4, -0.2) is 20.3 Å². The van der Waals surface area contributed by atoms with E-state index < -0.39 is 22.1 Å². The van der Waals surface area contributed by atoms with Crippen molar-refractivity contribution in [3.05, 3.63) is 28.2 Å². The molecule has 0 saturated heterocycles. The second-order valence-electron chi connectivity index (χ2n) is 3.20. The van der Waals surface area contributed by atoms with Gasteiger partial charge < -0.3 is 0 Å². The second kappa shape index (κ2) is 3.70. The minimum atomic E-state index is -4.83. The van der Waals surface area contributed by atoms with E-state index in [1.165, 1.54) is 12.1 Å². The van der Waals surface area contributed by atoms with E-state index in [2.05, 4.69) is 20.3 Å². The first kappa shape index (κ1) is 12.4. The highest BCUT2D eigenvalue weighted by atomic mass is 79.9. The van der Waals surface area contributed by atoms with Crippen molar-refractivity contribution in [1.82, 2.24) is 0 Å². The molecule has 4 nitrogen and oxygen atoms in total. The molecule has 1 aliphatic rings. The van der Waals surface area contributed by atoms with Crippen LogP contribution in [0.25, 0.3) is 0 Å². The molecule has 0 aliphatic carbocycles. The lowest BCUT2D eigenvalue weighted by atomic mass is 10.1. The van der Waals surface area contributed by atoms with Crippen LogP contribution in [0.4, 0.5) is 18.9 Å². The summed E-state index contributed by atoms with van der Waals surface area (Å²) in [4.78, 5) is 0. The number of nitrogens with one attached hydrogen (secondary N) is 1. The molecule has 1 aromatic carbocycles. The number of rotatable bonds is 0. The van der Waals surface area contributed by atoms with Gasteiger partial charge in [-0.1, -0.05) is 15.9 Å². The van der Waals surface area contributed by atoms with Gasteiger partial charge in [0, 0.05) is 10.0 Å². The van der Waals surface area contributed by atoms with Gasteiger partial charge in [-0.15, -0.1) is 4.40 Å². The van der Waals surface area contributed by atoms with Crippen LogP contribution in [0.2, 0.25) is 0 Å². The highest BCUT2D eigenvalue weighted by Gasteiger charge is 2.42. The molecule has 0 saturated carbocycles. The highest BCUT2D eigenvalue weighted by molar-refractivity contribution is 9.10. The molecule has 0 spiro atoms. The van der Waals surface area contributed by atoms with Gasteiger partial charge in [0.15, 0.2) is 5.71 Å². The summed E-state index contributed by atoms with van der Waals surface area (Å²) < 4.78 is 65.3. The molecule has 1 heterocycles. The van der Waals surface area contributed by atoms with Gasteiger partial charge in [-0.25, -0.2) is 0 Å². The summed E-state index contributed by atoms with van der Waals surface area (Å²) in [5.41, 5.74) is -1.87. The van der Waals surface area contributed by atoms with Crippen LogP contribution in [0.3, 0.4) is 0 Å². The van der Waals surface area contributed by atoms with E-state index in [1.54, 1.807) is 0 Å². The quantitative estimate of drug-likeness (QED) is 0.795. The third-order valence-electron chi connectivity index (χ3n) is 1.96. The summed E-state index contributed by atoms with van der Waals surface area (Å²) in [5.74, 6) is 0. The van der Waals surface area contributed by atoms with Gasteiger partial charge in [-0.05, 0) is 18.2 Å². The lowest BCUT2D eigenvalue weighted by molar-refractivity contribution is -0.0578. The van der Waals surface area contributed by atoms with Gasteiger partial charge in [0.05, 0.1) is 5.69 Å². The molecule has 1 aliphatic heterocycles. The molecule has 0 fully saturated rings. The molecule has 0 radical (unpaired) electrons. The topological polar surface area (TPSA) is 58.5 Å². The smallest absolute Gasteiger partial charge is 0.264 e. The van der Waals surface area contributed by atoms with E-state index in [9.17, 15) is 21.6 Å². The Kier molecular flexibility index (Phi) is 2.69. The van der Waals surface area contributed by atoms with Gasteiger partial charge in [0.1, 0.15) is 0 Å². The van der Waals surface area contributed by atoms with Crippen LogP contribution >= 0.6 is 15.9 Å². The van der Waals surface area contributed by atoms with E-state index >= 15 is 0 Å². The van der Waals surface area contributed by atoms with E-state index in [0.29, 0.717) is 4.47 Å². The Hall–Kier alpha value is -1.09. The molecule has 2 rings (SSSR count). The maximum absolute atomic E-state index is 12.7. The van der Waals surface area contributed by atoms with Gasteiger partial charge in [-0.2, -0.15) is 21.6 Å². The summed E-state index contributed by atoms with van der Waals surface area (Å²) in [6.45, 7) is 0. The summed E-state index contributed by atoms with van der Waals surface area (Å²) >= 11 is 3.01. The third-order valence-corrected chi connectivity index (χ3v) is 3.35. The van der Waals surface area contributed by atoms with Crippen LogP contribution in [0.1, 0.15) is 5.56 Å². The van der Waals surface area contributed by atoms with Crippen molar-refractivity contribution in [2.24, 2.45) is 4.40 Å². The number of benzene rings is 1. The van der Waals surface area contributed by atoms with Crippen LogP contribution in [0, 0.1) is 0 Å². The largest absolute Gasteiger partial charge is 0.434 e. The summed E-state index contributed by atoms with van der Waals surface area (Å²) in [6, 6.07) is 3.82. The predicted octanol–water partition coefficient (Wildman–Crippen LogP) is 2.47. The van der Waals surface area contributed by atoms with Gasteiger partial charge in [-0.3, -0.25) is 4.72 Å². The molecule has 1 aromatic rings. The monoisotopic (exact) mass is 328 g/mol. The van der Waals surface area contributed by atoms with Crippen molar-refractivity contribution < 1.29 is 21.6 Å². The Morgan fingerprint density at radius 2 is 1.94 bits per heavy atom. The van der Waals surface area contributed by atoms with Gasteiger partial charge in [0.2, 0.25) is 0 Å². The Balaban J connectivity index is 2.73.